The summed E-state index contributed by atoms with van der Waals surface area (Å²) in [4.78, 5) is 5.74. The molecule has 0 saturated heterocycles. The number of hydrogen-bond acceptors (Lipinski definition) is 3. The number of hydrogen-bond donors (Lipinski definition) is 1. The number of thiazole rings is 1. The van der Waals surface area contributed by atoms with Gasteiger partial charge in [-0.1, -0.05) is 27.5 Å². The summed E-state index contributed by atoms with van der Waals surface area (Å²) in [5.74, 6) is 0. The lowest BCUT2D eigenvalue weighted by Gasteiger charge is -2.06. The van der Waals surface area contributed by atoms with Crippen molar-refractivity contribution in [3.8, 4) is 0 Å². The van der Waals surface area contributed by atoms with Crippen molar-refractivity contribution in [2.45, 2.75) is 20.4 Å². The second-order valence-electron chi connectivity index (χ2n) is 3.73. The predicted octanol–water partition coefficient (Wildman–Crippen LogP) is 4.79. The molecule has 1 N–H and O–H groups in total. The van der Waals surface area contributed by atoms with E-state index in [0.29, 0.717) is 11.6 Å². The second kappa shape index (κ2) is 5.38. The molecule has 0 amide bonds. The molecule has 2 nitrogen and oxygen atoms in total. The van der Waals surface area contributed by atoms with Crippen LogP contribution in [0.3, 0.4) is 0 Å². The highest BCUT2D eigenvalue weighted by molar-refractivity contribution is 9.10. The van der Waals surface area contributed by atoms with Crippen LogP contribution >= 0.6 is 38.9 Å². The third-order valence-corrected chi connectivity index (χ3v) is 4.31. The van der Waals surface area contributed by atoms with Crippen LogP contribution in [0.25, 0.3) is 0 Å². The standard InChI is InChI=1S/C12H12BrClN2S/c1-7-8(2)17-12(16-7)6-15-11-4-3-9(13)5-10(11)14/h3-5,15H,6H2,1-2H3. The quantitative estimate of drug-likeness (QED) is 0.875. The van der Waals surface area contributed by atoms with E-state index in [-0.39, 0.29) is 0 Å². The van der Waals surface area contributed by atoms with Crippen LogP contribution in [0, 0.1) is 13.8 Å². The van der Waals surface area contributed by atoms with Crippen LogP contribution < -0.4 is 5.32 Å². The van der Waals surface area contributed by atoms with Crippen LogP contribution in [0.1, 0.15) is 15.6 Å². The number of aryl methyl sites for hydroxylation is 2. The molecule has 0 bridgehead atoms. The number of halogens is 2. The molecule has 1 aromatic heterocycles. The average molecular weight is 332 g/mol. The smallest absolute Gasteiger partial charge is 0.112 e. The Morgan fingerprint density at radius 2 is 2.18 bits per heavy atom. The molecule has 1 heterocycles. The highest BCUT2D eigenvalue weighted by Crippen LogP contribution is 2.26. The molecule has 1 aromatic carbocycles. The molecular weight excluding hydrogens is 320 g/mol. The second-order valence-corrected chi connectivity index (χ2v) is 6.34. The van der Waals surface area contributed by atoms with Crippen molar-refractivity contribution in [3.63, 3.8) is 0 Å². The maximum Gasteiger partial charge on any atom is 0.112 e. The van der Waals surface area contributed by atoms with Crippen LogP contribution in [0.2, 0.25) is 5.02 Å². The molecule has 2 aromatic rings. The van der Waals surface area contributed by atoms with E-state index in [9.17, 15) is 0 Å². The fourth-order valence-corrected chi connectivity index (χ4v) is 3.03. The lowest BCUT2D eigenvalue weighted by Crippen LogP contribution is -1.99. The Morgan fingerprint density at radius 1 is 1.41 bits per heavy atom. The largest absolute Gasteiger partial charge is 0.377 e. The van der Waals surface area contributed by atoms with Gasteiger partial charge >= 0.3 is 0 Å². The van der Waals surface area contributed by atoms with Gasteiger partial charge in [-0.15, -0.1) is 11.3 Å². The molecule has 17 heavy (non-hydrogen) atoms. The first kappa shape index (κ1) is 12.9. The van der Waals surface area contributed by atoms with E-state index in [0.717, 1.165) is 20.9 Å². The number of nitrogens with zero attached hydrogens (tertiary/aromatic N) is 1. The maximum absolute atomic E-state index is 6.12. The van der Waals surface area contributed by atoms with Gasteiger partial charge in [-0.3, -0.25) is 0 Å². The van der Waals surface area contributed by atoms with Gasteiger partial charge in [0.2, 0.25) is 0 Å². The normalized spacial score (nSPS) is 10.6. The third kappa shape index (κ3) is 3.21. The van der Waals surface area contributed by atoms with E-state index in [1.54, 1.807) is 11.3 Å². The van der Waals surface area contributed by atoms with Crippen LogP contribution in [0.15, 0.2) is 22.7 Å². The lowest BCUT2D eigenvalue weighted by atomic mass is 10.3. The molecule has 90 valence electrons. The highest BCUT2D eigenvalue weighted by Gasteiger charge is 2.05. The first-order chi connectivity index (χ1) is 8.06. The lowest BCUT2D eigenvalue weighted by molar-refractivity contribution is 1.07. The summed E-state index contributed by atoms with van der Waals surface area (Å²) in [5, 5.41) is 5.09. The zero-order valence-electron chi connectivity index (χ0n) is 9.55. The highest BCUT2D eigenvalue weighted by atomic mass is 79.9. The Kier molecular flexibility index (Phi) is 4.07. The van der Waals surface area contributed by atoms with Gasteiger partial charge in [0.15, 0.2) is 0 Å². The van der Waals surface area contributed by atoms with Crippen molar-refractivity contribution < 1.29 is 0 Å². The molecule has 0 aliphatic carbocycles. The molecule has 0 unspecified atom stereocenters. The van der Waals surface area contributed by atoms with Crippen molar-refractivity contribution in [2.24, 2.45) is 0 Å². The van der Waals surface area contributed by atoms with Crippen LogP contribution in [-0.2, 0) is 6.54 Å². The minimum atomic E-state index is 0.709. The van der Waals surface area contributed by atoms with Gasteiger partial charge in [0.1, 0.15) is 5.01 Å². The Balaban J connectivity index is 2.07. The molecule has 0 atom stereocenters. The van der Waals surface area contributed by atoms with Gasteiger partial charge < -0.3 is 5.32 Å². The Bertz CT molecular complexity index is 520. The third-order valence-electron chi connectivity index (χ3n) is 2.43. The number of rotatable bonds is 3. The Hall–Kier alpha value is -0.580. The average Bonchev–Trinajstić information content (AvgIpc) is 2.57. The summed E-state index contributed by atoms with van der Waals surface area (Å²) in [5.41, 5.74) is 2.04. The van der Waals surface area contributed by atoms with Crippen molar-refractivity contribution >= 4 is 44.6 Å². The Morgan fingerprint density at radius 3 is 2.76 bits per heavy atom. The van der Waals surface area contributed by atoms with Gasteiger partial charge in [0.25, 0.3) is 0 Å². The monoisotopic (exact) mass is 330 g/mol. The summed E-state index contributed by atoms with van der Waals surface area (Å²) >= 11 is 11.2. The summed E-state index contributed by atoms with van der Waals surface area (Å²) in [6.45, 7) is 4.83. The summed E-state index contributed by atoms with van der Waals surface area (Å²) < 4.78 is 0.981. The van der Waals surface area contributed by atoms with Gasteiger partial charge in [-0.25, -0.2) is 4.98 Å². The van der Waals surface area contributed by atoms with Crippen LogP contribution in [-0.4, -0.2) is 4.98 Å². The van der Waals surface area contributed by atoms with Crippen molar-refractivity contribution in [2.75, 3.05) is 5.32 Å². The summed E-state index contributed by atoms with van der Waals surface area (Å²) in [6.07, 6.45) is 0. The van der Waals surface area contributed by atoms with Gasteiger partial charge in [0, 0.05) is 9.35 Å². The van der Waals surface area contributed by atoms with Crippen molar-refractivity contribution in [1.82, 2.24) is 4.98 Å². The Labute approximate surface area is 118 Å². The minimum absolute atomic E-state index is 0.709. The fourth-order valence-electron chi connectivity index (χ4n) is 1.42. The molecule has 2 rings (SSSR count). The van der Waals surface area contributed by atoms with Crippen LogP contribution in [0.4, 0.5) is 5.69 Å². The minimum Gasteiger partial charge on any atom is -0.377 e. The number of aromatic nitrogens is 1. The molecule has 0 spiro atoms. The first-order valence-corrected chi connectivity index (χ1v) is 7.17. The zero-order chi connectivity index (χ0) is 12.4. The predicted molar refractivity (Wildman–Crippen MR) is 78.1 cm³/mol. The molecule has 0 saturated carbocycles. The fraction of sp³-hybridized carbons (Fsp3) is 0.250. The van der Waals surface area contributed by atoms with Crippen molar-refractivity contribution in [1.29, 1.82) is 0 Å². The SMILES string of the molecule is Cc1nc(CNc2ccc(Br)cc2Cl)sc1C. The van der Waals surface area contributed by atoms with Gasteiger partial charge in [-0.05, 0) is 32.0 Å². The van der Waals surface area contributed by atoms with Crippen LogP contribution in [0.5, 0.6) is 0 Å². The van der Waals surface area contributed by atoms with E-state index < -0.39 is 0 Å². The topological polar surface area (TPSA) is 24.9 Å². The van der Waals surface area contributed by atoms with E-state index in [1.807, 2.05) is 25.1 Å². The maximum atomic E-state index is 6.12. The molecule has 5 heteroatoms. The van der Waals surface area contributed by atoms with Crippen molar-refractivity contribution in [3.05, 3.63) is 43.3 Å². The number of nitrogens with one attached hydrogen (secondary N) is 1. The molecule has 0 aliphatic heterocycles. The number of benzene rings is 1. The van der Waals surface area contributed by atoms with Gasteiger partial charge in [0.05, 0.1) is 22.9 Å². The van der Waals surface area contributed by atoms with E-state index in [2.05, 4.69) is 33.2 Å². The molecule has 0 radical (unpaired) electrons. The summed E-state index contributed by atoms with van der Waals surface area (Å²) in [6, 6.07) is 5.80. The summed E-state index contributed by atoms with van der Waals surface area (Å²) in [7, 11) is 0. The zero-order valence-corrected chi connectivity index (χ0v) is 12.7. The molecule has 0 aliphatic rings. The number of anilines is 1. The molecule has 0 fully saturated rings. The van der Waals surface area contributed by atoms with Gasteiger partial charge in [-0.2, -0.15) is 0 Å². The van der Waals surface area contributed by atoms with E-state index >= 15 is 0 Å². The van der Waals surface area contributed by atoms with E-state index in [4.69, 9.17) is 11.6 Å². The molecular formula is C12H12BrClN2S. The van der Waals surface area contributed by atoms with E-state index in [1.165, 1.54) is 4.88 Å². The first-order valence-electron chi connectivity index (χ1n) is 5.18.